The summed E-state index contributed by atoms with van der Waals surface area (Å²) in [6.45, 7) is 10.6. The van der Waals surface area contributed by atoms with Crippen molar-refractivity contribution < 1.29 is 9.59 Å². The van der Waals surface area contributed by atoms with E-state index in [4.69, 9.17) is 0 Å². The molecule has 1 rings (SSSR count). The maximum Gasteiger partial charge on any atom is 0.248 e. The first-order chi connectivity index (χ1) is 8.35. The topological polar surface area (TPSA) is 49.4 Å². The molecule has 4 heteroatoms. The summed E-state index contributed by atoms with van der Waals surface area (Å²) in [5.41, 5.74) is -0.726. The van der Waals surface area contributed by atoms with Gasteiger partial charge in [-0.05, 0) is 25.7 Å². The third-order valence-corrected chi connectivity index (χ3v) is 3.64. The zero-order chi connectivity index (χ0) is 13.9. The number of hydrogen-bond acceptors (Lipinski definition) is 2. The minimum absolute atomic E-state index is 0.00134. The molecular weight excluding hydrogens is 228 g/mol. The summed E-state index contributed by atoms with van der Waals surface area (Å²) in [6.07, 6.45) is 2.28. The van der Waals surface area contributed by atoms with E-state index in [1.165, 1.54) is 0 Å². The van der Waals surface area contributed by atoms with Gasteiger partial charge in [-0.1, -0.05) is 34.1 Å². The lowest BCUT2D eigenvalue weighted by Crippen LogP contribution is -2.69. The molecule has 2 atom stereocenters. The molecule has 104 valence electrons. The highest BCUT2D eigenvalue weighted by Crippen LogP contribution is 2.24. The third-order valence-electron chi connectivity index (χ3n) is 3.64. The molecule has 0 aromatic heterocycles. The van der Waals surface area contributed by atoms with Gasteiger partial charge in [-0.2, -0.15) is 0 Å². The van der Waals surface area contributed by atoms with Crippen LogP contribution in [0.4, 0.5) is 0 Å². The fraction of sp³-hybridized carbons (Fsp3) is 0.857. The third kappa shape index (κ3) is 2.85. The van der Waals surface area contributed by atoms with Crippen molar-refractivity contribution in [3.05, 3.63) is 0 Å². The van der Waals surface area contributed by atoms with Crippen LogP contribution in [-0.2, 0) is 9.59 Å². The molecule has 1 fully saturated rings. The molecule has 0 aliphatic carbocycles. The molecule has 1 aliphatic rings. The van der Waals surface area contributed by atoms with E-state index in [9.17, 15) is 9.59 Å². The van der Waals surface area contributed by atoms with Gasteiger partial charge < -0.3 is 10.2 Å². The van der Waals surface area contributed by atoms with E-state index in [2.05, 4.69) is 19.2 Å². The summed E-state index contributed by atoms with van der Waals surface area (Å²) < 4.78 is 0. The van der Waals surface area contributed by atoms with Gasteiger partial charge in [-0.3, -0.25) is 9.59 Å². The second-order valence-electron chi connectivity index (χ2n) is 5.83. The van der Waals surface area contributed by atoms with Crippen molar-refractivity contribution in [2.24, 2.45) is 5.92 Å². The average molecular weight is 254 g/mol. The van der Waals surface area contributed by atoms with Crippen LogP contribution in [0.5, 0.6) is 0 Å². The Hall–Kier alpha value is -1.06. The van der Waals surface area contributed by atoms with E-state index < -0.39 is 5.54 Å². The van der Waals surface area contributed by atoms with Crippen LogP contribution < -0.4 is 5.32 Å². The summed E-state index contributed by atoms with van der Waals surface area (Å²) in [7, 11) is 0. The lowest BCUT2D eigenvalue weighted by Gasteiger charge is -2.44. The minimum Gasteiger partial charge on any atom is -0.340 e. The van der Waals surface area contributed by atoms with Gasteiger partial charge >= 0.3 is 0 Å². The largest absolute Gasteiger partial charge is 0.340 e. The molecule has 0 radical (unpaired) electrons. The Morgan fingerprint density at radius 1 is 1.33 bits per heavy atom. The summed E-state index contributed by atoms with van der Waals surface area (Å²) >= 11 is 0. The molecule has 1 saturated heterocycles. The van der Waals surface area contributed by atoms with E-state index in [0.29, 0.717) is 18.9 Å². The smallest absolute Gasteiger partial charge is 0.248 e. The number of carbonyl (C=O) groups excluding carboxylic acids is 2. The first-order valence-electron chi connectivity index (χ1n) is 6.98. The fourth-order valence-corrected chi connectivity index (χ4v) is 2.41. The maximum absolute atomic E-state index is 12.6. The fourth-order valence-electron chi connectivity index (χ4n) is 2.41. The van der Waals surface area contributed by atoms with Crippen LogP contribution in [-0.4, -0.2) is 34.8 Å². The van der Waals surface area contributed by atoms with Crippen molar-refractivity contribution in [1.82, 2.24) is 10.2 Å². The predicted octanol–water partition coefficient (Wildman–Crippen LogP) is 1.94. The zero-order valence-electron chi connectivity index (χ0n) is 12.2. The van der Waals surface area contributed by atoms with E-state index >= 15 is 0 Å². The molecule has 2 amide bonds. The molecule has 0 spiro atoms. The van der Waals surface area contributed by atoms with Crippen molar-refractivity contribution in [3.63, 3.8) is 0 Å². The summed E-state index contributed by atoms with van der Waals surface area (Å²) in [5, 5.41) is 2.90. The van der Waals surface area contributed by atoms with E-state index in [1.54, 1.807) is 4.90 Å². The molecule has 0 aromatic rings. The molecule has 18 heavy (non-hydrogen) atoms. The normalized spacial score (nSPS) is 28.8. The van der Waals surface area contributed by atoms with Gasteiger partial charge in [0, 0.05) is 6.54 Å². The number of carbonyl (C=O) groups is 2. The number of amides is 2. The molecular formula is C14H26N2O2. The second kappa shape index (κ2) is 5.72. The summed E-state index contributed by atoms with van der Waals surface area (Å²) in [4.78, 5) is 26.5. The van der Waals surface area contributed by atoms with Crippen LogP contribution in [0, 0.1) is 5.92 Å². The number of nitrogens with one attached hydrogen (secondary N) is 1. The van der Waals surface area contributed by atoms with Crippen LogP contribution in [0.25, 0.3) is 0 Å². The molecule has 4 nitrogen and oxygen atoms in total. The highest BCUT2D eigenvalue weighted by atomic mass is 16.2. The lowest BCUT2D eigenvalue weighted by molar-refractivity contribution is -0.155. The van der Waals surface area contributed by atoms with Crippen LogP contribution in [0.2, 0.25) is 0 Å². The number of rotatable bonds is 5. The van der Waals surface area contributed by atoms with Crippen LogP contribution in [0.1, 0.15) is 53.9 Å². The molecule has 0 bridgehead atoms. The first kappa shape index (κ1) is 15.0. The predicted molar refractivity (Wildman–Crippen MR) is 72.1 cm³/mol. The lowest BCUT2D eigenvalue weighted by atomic mass is 9.90. The molecule has 0 saturated carbocycles. The summed E-state index contributed by atoms with van der Waals surface area (Å²) in [5.74, 6) is 0.443. The highest BCUT2D eigenvalue weighted by Gasteiger charge is 2.46. The average Bonchev–Trinajstić information content (AvgIpc) is 2.30. The van der Waals surface area contributed by atoms with Gasteiger partial charge in [0.1, 0.15) is 11.6 Å². The van der Waals surface area contributed by atoms with Gasteiger partial charge in [0.05, 0.1) is 0 Å². The van der Waals surface area contributed by atoms with Crippen molar-refractivity contribution in [2.45, 2.75) is 65.5 Å². The van der Waals surface area contributed by atoms with Crippen LogP contribution >= 0.6 is 0 Å². The molecule has 2 unspecified atom stereocenters. The Balaban J connectivity index is 3.00. The van der Waals surface area contributed by atoms with Crippen LogP contribution in [0.3, 0.4) is 0 Å². The summed E-state index contributed by atoms with van der Waals surface area (Å²) in [6, 6.07) is -0.287. The Labute approximate surface area is 110 Å². The number of hydrogen-bond donors (Lipinski definition) is 1. The minimum atomic E-state index is -0.726. The Morgan fingerprint density at radius 3 is 2.39 bits per heavy atom. The van der Waals surface area contributed by atoms with Crippen molar-refractivity contribution in [3.8, 4) is 0 Å². The number of nitrogens with zero attached hydrogens (tertiary/aromatic N) is 1. The molecule has 1 N–H and O–H groups in total. The van der Waals surface area contributed by atoms with Crippen molar-refractivity contribution >= 4 is 11.8 Å². The quantitative estimate of drug-likeness (QED) is 0.815. The highest BCUT2D eigenvalue weighted by molar-refractivity contribution is 5.99. The van der Waals surface area contributed by atoms with Gasteiger partial charge in [0.2, 0.25) is 11.8 Å². The second-order valence-corrected chi connectivity index (χ2v) is 5.83. The molecule has 1 heterocycles. The molecule has 0 aromatic carbocycles. The van der Waals surface area contributed by atoms with Gasteiger partial charge in [-0.15, -0.1) is 0 Å². The van der Waals surface area contributed by atoms with E-state index in [0.717, 1.165) is 12.8 Å². The van der Waals surface area contributed by atoms with E-state index in [-0.39, 0.29) is 17.9 Å². The van der Waals surface area contributed by atoms with Crippen LogP contribution in [0.15, 0.2) is 0 Å². The monoisotopic (exact) mass is 254 g/mol. The Morgan fingerprint density at radius 2 is 1.94 bits per heavy atom. The Bertz CT molecular complexity index is 328. The van der Waals surface area contributed by atoms with Gasteiger partial charge in [0.25, 0.3) is 0 Å². The van der Waals surface area contributed by atoms with Crippen molar-refractivity contribution in [2.75, 3.05) is 6.54 Å². The number of piperazine rings is 1. The zero-order valence-corrected chi connectivity index (χ0v) is 12.2. The van der Waals surface area contributed by atoms with Gasteiger partial charge in [0.15, 0.2) is 0 Å². The molecule has 1 aliphatic heterocycles. The maximum atomic E-state index is 12.6. The Kier molecular flexibility index (Phi) is 4.77. The van der Waals surface area contributed by atoms with Crippen molar-refractivity contribution in [1.29, 1.82) is 0 Å². The van der Waals surface area contributed by atoms with E-state index in [1.807, 2.05) is 20.8 Å². The standard InChI is InChI=1S/C14H26N2O2/c1-6-8-11-12(17)15-14(5,7-2)13(18)16(11)9-10(3)4/h10-11H,6-9H2,1-5H3,(H,15,17). The SMILES string of the molecule is CCCC1C(=O)NC(C)(CC)C(=O)N1CC(C)C. The van der Waals surface area contributed by atoms with Gasteiger partial charge in [-0.25, -0.2) is 0 Å². The first-order valence-corrected chi connectivity index (χ1v) is 6.98.